The molecule has 0 spiro atoms. The van der Waals surface area contributed by atoms with Crippen LogP contribution in [0, 0.1) is 0 Å². The number of hydrogen-bond donors (Lipinski definition) is 1. The maximum Gasteiger partial charge on any atom is 0.428 e. The van der Waals surface area contributed by atoms with Crippen molar-refractivity contribution in [2.24, 2.45) is 0 Å². The second-order valence-electron chi connectivity index (χ2n) is 8.58. The summed E-state index contributed by atoms with van der Waals surface area (Å²) in [5.74, 6) is -0.668. The fourth-order valence-electron chi connectivity index (χ4n) is 4.04. The molecule has 2 aromatic rings. The number of nitrogens with zero attached hydrogens (tertiary/aromatic N) is 1. The fraction of sp³-hybridized carbons (Fsp3) is 0.348. The van der Waals surface area contributed by atoms with Crippen LogP contribution < -0.4 is 5.48 Å². The van der Waals surface area contributed by atoms with Crippen molar-refractivity contribution in [3.63, 3.8) is 0 Å². The van der Waals surface area contributed by atoms with E-state index in [4.69, 9.17) is 4.84 Å². The molecule has 2 unspecified atom stereocenters. The zero-order chi connectivity index (χ0) is 26.5. The SMILES string of the molecule is CS(=O)CC(=O)N1CC(F)(c2ccc(C3=CC(c4cccc(C(F)(F)F)c4)(C(F)(F)F)ON3)cc2)C1. The molecule has 2 atom stereocenters. The number of hydrogen-bond acceptors (Lipinski definition) is 4. The van der Waals surface area contributed by atoms with Gasteiger partial charge in [-0.3, -0.25) is 19.3 Å². The fourth-order valence-corrected chi connectivity index (χ4v) is 4.57. The first kappa shape index (κ1) is 26.1. The minimum atomic E-state index is -5.11. The van der Waals surface area contributed by atoms with E-state index < -0.39 is 51.5 Å². The van der Waals surface area contributed by atoms with E-state index >= 15 is 4.39 Å². The van der Waals surface area contributed by atoms with Gasteiger partial charge in [0.1, 0.15) is 5.75 Å². The average Bonchev–Trinajstić information content (AvgIpc) is 3.23. The Bertz CT molecular complexity index is 1220. The van der Waals surface area contributed by atoms with Crippen LogP contribution in [0.2, 0.25) is 0 Å². The van der Waals surface area contributed by atoms with E-state index in [0.29, 0.717) is 18.2 Å². The molecule has 36 heavy (non-hydrogen) atoms. The second kappa shape index (κ2) is 8.87. The number of hydroxylamine groups is 1. The van der Waals surface area contributed by atoms with Crippen LogP contribution in [0.3, 0.4) is 0 Å². The highest BCUT2D eigenvalue weighted by Gasteiger charge is 2.60. The molecular formula is C23H19F7N2O3S. The normalized spacial score (nSPS) is 22.4. The lowest BCUT2D eigenvalue weighted by Crippen LogP contribution is -2.59. The maximum atomic E-state index is 15.2. The van der Waals surface area contributed by atoms with Gasteiger partial charge in [0.15, 0.2) is 5.67 Å². The van der Waals surface area contributed by atoms with E-state index in [1.54, 1.807) is 0 Å². The molecule has 0 radical (unpaired) electrons. The quantitative estimate of drug-likeness (QED) is 0.575. The highest BCUT2D eigenvalue weighted by atomic mass is 32.2. The Hall–Kier alpha value is -2.93. The number of alkyl halides is 7. The van der Waals surface area contributed by atoms with Crippen molar-refractivity contribution in [2.75, 3.05) is 25.1 Å². The maximum absolute atomic E-state index is 15.2. The number of halogens is 7. The molecule has 0 aromatic heterocycles. The number of nitrogens with one attached hydrogen (secondary N) is 1. The van der Waals surface area contributed by atoms with Crippen LogP contribution >= 0.6 is 0 Å². The third kappa shape index (κ3) is 4.73. The molecule has 1 saturated heterocycles. The van der Waals surface area contributed by atoms with Gasteiger partial charge >= 0.3 is 12.4 Å². The summed E-state index contributed by atoms with van der Waals surface area (Å²) in [6.07, 6.45) is -7.97. The van der Waals surface area contributed by atoms with Gasteiger partial charge in [0.2, 0.25) is 11.5 Å². The zero-order valence-electron chi connectivity index (χ0n) is 18.5. The van der Waals surface area contributed by atoms with Crippen molar-refractivity contribution in [1.82, 2.24) is 10.4 Å². The van der Waals surface area contributed by atoms with Gasteiger partial charge < -0.3 is 4.90 Å². The average molecular weight is 536 g/mol. The predicted molar refractivity (Wildman–Crippen MR) is 116 cm³/mol. The lowest BCUT2D eigenvalue weighted by atomic mass is 9.87. The second-order valence-corrected chi connectivity index (χ2v) is 10.0. The summed E-state index contributed by atoms with van der Waals surface area (Å²) in [4.78, 5) is 18.0. The molecule has 1 amide bonds. The van der Waals surface area contributed by atoms with Crippen molar-refractivity contribution in [1.29, 1.82) is 0 Å². The monoisotopic (exact) mass is 536 g/mol. The van der Waals surface area contributed by atoms with E-state index in [9.17, 15) is 35.3 Å². The summed E-state index contributed by atoms with van der Waals surface area (Å²) in [6, 6.07) is 8.14. The van der Waals surface area contributed by atoms with Gasteiger partial charge in [-0.2, -0.15) is 26.3 Å². The molecule has 0 saturated carbocycles. The third-order valence-electron chi connectivity index (χ3n) is 5.99. The summed E-state index contributed by atoms with van der Waals surface area (Å²) in [5, 5.41) is 0. The molecular weight excluding hydrogens is 517 g/mol. The van der Waals surface area contributed by atoms with Crippen LogP contribution in [0.15, 0.2) is 54.6 Å². The molecule has 2 aromatic carbocycles. The summed E-state index contributed by atoms with van der Waals surface area (Å²) in [6.45, 7) is -0.502. The number of likely N-dealkylation sites (tertiary alicyclic amines) is 1. The first-order valence-corrected chi connectivity index (χ1v) is 12.2. The molecule has 2 aliphatic heterocycles. The summed E-state index contributed by atoms with van der Waals surface area (Å²) in [7, 11) is -1.37. The minimum Gasteiger partial charge on any atom is -0.335 e. The molecule has 13 heteroatoms. The van der Waals surface area contributed by atoms with Gasteiger partial charge in [0, 0.05) is 22.6 Å². The Morgan fingerprint density at radius 2 is 1.69 bits per heavy atom. The molecule has 2 aliphatic rings. The van der Waals surface area contributed by atoms with Gasteiger partial charge in [-0.15, -0.1) is 0 Å². The Morgan fingerprint density at radius 1 is 1.06 bits per heavy atom. The van der Waals surface area contributed by atoms with Crippen LogP contribution in [0.25, 0.3) is 5.70 Å². The Kier molecular flexibility index (Phi) is 6.44. The van der Waals surface area contributed by atoms with Gasteiger partial charge in [-0.25, -0.2) is 4.39 Å². The van der Waals surface area contributed by atoms with Crippen molar-refractivity contribution in [2.45, 2.75) is 23.6 Å². The molecule has 0 aliphatic carbocycles. The lowest BCUT2D eigenvalue weighted by Gasteiger charge is -2.44. The number of rotatable bonds is 5. The number of carbonyl (C=O) groups is 1. The van der Waals surface area contributed by atoms with E-state index in [-0.39, 0.29) is 35.7 Å². The molecule has 0 bridgehead atoms. The smallest absolute Gasteiger partial charge is 0.335 e. The van der Waals surface area contributed by atoms with E-state index in [2.05, 4.69) is 5.48 Å². The molecule has 5 nitrogen and oxygen atoms in total. The summed E-state index contributed by atoms with van der Waals surface area (Å²) in [5.41, 5.74) is -4.74. The van der Waals surface area contributed by atoms with Crippen LogP contribution in [0.1, 0.15) is 22.3 Å². The topological polar surface area (TPSA) is 58.6 Å². The van der Waals surface area contributed by atoms with Gasteiger partial charge in [0.25, 0.3) is 0 Å². The molecule has 1 N–H and O–H groups in total. The standard InChI is InChI=1S/C23H19F7N2O3S/c1-36(34)11-19(33)32-12-20(24,13-32)15-7-5-14(6-8-15)18-10-21(35-31-18,23(28,29)30)16-3-2-4-17(9-16)22(25,26)27/h2-10,31H,11-13H2,1H3. The zero-order valence-corrected chi connectivity index (χ0v) is 19.4. The van der Waals surface area contributed by atoms with Crippen LogP contribution in [-0.2, 0) is 37.9 Å². The highest BCUT2D eigenvalue weighted by Crippen LogP contribution is 2.48. The Morgan fingerprint density at radius 3 is 2.25 bits per heavy atom. The largest absolute Gasteiger partial charge is 0.428 e. The first-order chi connectivity index (χ1) is 16.6. The highest BCUT2D eigenvalue weighted by molar-refractivity contribution is 7.85. The minimum absolute atomic E-state index is 0.167. The van der Waals surface area contributed by atoms with Gasteiger partial charge in [0.05, 0.1) is 24.4 Å². The van der Waals surface area contributed by atoms with Crippen LogP contribution in [0.5, 0.6) is 0 Å². The molecule has 1 fully saturated rings. The predicted octanol–water partition coefficient (Wildman–Crippen LogP) is 4.42. The lowest BCUT2D eigenvalue weighted by molar-refractivity contribution is -0.269. The van der Waals surface area contributed by atoms with Crippen molar-refractivity contribution < 1.29 is 44.6 Å². The third-order valence-corrected chi connectivity index (χ3v) is 6.64. The van der Waals surface area contributed by atoms with Crippen LogP contribution in [0.4, 0.5) is 30.7 Å². The number of benzene rings is 2. The van der Waals surface area contributed by atoms with E-state index in [1.807, 2.05) is 0 Å². The van der Waals surface area contributed by atoms with E-state index in [0.717, 1.165) is 12.1 Å². The summed E-state index contributed by atoms with van der Waals surface area (Å²) < 4.78 is 108. The molecule has 2 heterocycles. The Balaban J connectivity index is 1.59. The number of carbonyl (C=O) groups excluding carboxylic acids is 1. The Labute approximate surface area is 203 Å². The van der Waals surface area contributed by atoms with Gasteiger partial charge in [-0.1, -0.05) is 36.4 Å². The summed E-state index contributed by atoms with van der Waals surface area (Å²) >= 11 is 0. The van der Waals surface area contributed by atoms with Crippen molar-refractivity contribution >= 4 is 22.4 Å². The van der Waals surface area contributed by atoms with Crippen LogP contribution in [-0.4, -0.2) is 46.3 Å². The molecule has 194 valence electrons. The first-order valence-electron chi connectivity index (χ1n) is 10.4. The van der Waals surface area contributed by atoms with Gasteiger partial charge in [-0.05, 0) is 29.3 Å². The van der Waals surface area contributed by atoms with Crippen molar-refractivity contribution in [3.8, 4) is 0 Å². The number of amides is 1. The molecule has 4 rings (SSSR count). The van der Waals surface area contributed by atoms with E-state index in [1.165, 1.54) is 35.4 Å². The van der Waals surface area contributed by atoms with Crippen molar-refractivity contribution in [3.05, 3.63) is 76.9 Å².